The van der Waals surface area contributed by atoms with Crippen molar-refractivity contribution in [1.82, 2.24) is 4.90 Å². The Morgan fingerprint density at radius 3 is 2.32 bits per heavy atom. The summed E-state index contributed by atoms with van der Waals surface area (Å²) in [4.78, 5) is 2.14. The highest BCUT2D eigenvalue weighted by Gasteiger charge is 2.57. The summed E-state index contributed by atoms with van der Waals surface area (Å²) < 4.78 is 0. The van der Waals surface area contributed by atoms with Gasteiger partial charge in [0.15, 0.2) is 0 Å². The molecule has 108 valence electrons. The van der Waals surface area contributed by atoms with Gasteiger partial charge in [-0.05, 0) is 17.9 Å². The Morgan fingerprint density at radius 2 is 1.84 bits per heavy atom. The molecule has 2 aliphatic rings. The lowest BCUT2D eigenvalue weighted by atomic mass is 9.64. The summed E-state index contributed by atoms with van der Waals surface area (Å²) in [6.45, 7) is 11.8. The highest BCUT2D eigenvalue weighted by molar-refractivity contribution is 5.28. The zero-order chi connectivity index (χ0) is 14.5. The third kappa shape index (κ3) is 2.18. The van der Waals surface area contributed by atoms with Gasteiger partial charge >= 0.3 is 0 Å². The van der Waals surface area contributed by atoms with Crippen LogP contribution in [0.4, 0.5) is 0 Å². The van der Waals surface area contributed by atoms with Crippen molar-refractivity contribution in [1.29, 1.82) is 0 Å². The van der Waals surface area contributed by atoms with Crippen LogP contribution in [-0.2, 0) is 0 Å². The summed E-state index contributed by atoms with van der Waals surface area (Å²) >= 11 is 0. The number of allylic oxidation sites excluding steroid dienone is 3. The molecule has 1 heterocycles. The topological polar surface area (TPSA) is 43.7 Å². The summed E-state index contributed by atoms with van der Waals surface area (Å²) in [6.07, 6.45) is 5.69. The number of hydrogen-bond acceptors (Lipinski definition) is 3. The van der Waals surface area contributed by atoms with E-state index in [4.69, 9.17) is 0 Å². The quantitative estimate of drug-likeness (QED) is 0.765. The Kier molecular flexibility index (Phi) is 3.25. The van der Waals surface area contributed by atoms with E-state index < -0.39 is 5.60 Å². The molecule has 0 amide bonds. The molecule has 2 N–H and O–H groups in total. The van der Waals surface area contributed by atoms with Crippen molar-refractivity contribution < 1.29 is 10.2 Å². The largest absolute Gasteiger partial charge is 0.510 e. The second kappa shape index (κ2) is 4.27. The highest BCUT2D eigenvalue weighted by atomic mass is 16.3. The van der Waals surface area contributed by atoms with Gasteiger partial charge in [-0.25, -0.2) is 0 Å². The molecule has 0 radical (unpaired) electrons. The number of nitrogens with zero attached hydrogens (tertiary/aromatic N) is 1. The fourth-order valence-corrected chi connectivity index (χ4v) is 3.50. The molecule has 19 heavy (non-hydrogen) atoms. The predicted molar refractivity (Wildman–Crippen MR) is 77.8 cm³/mol. The van der Waals surface area contributed by atoms with Crippen LogP contribution >= 0.6 is 0 Å². The molecule has 1 fully saturated rings. The monoisotopic (exact) mass is 265 g/mol. The van der Waals surface area contributed by atoms with E-state index in [-0.39, 0.29) is 10.8 Å². The minimum absolute atomic E-state index is 0.195. The van der Waals surface area contributed by atoms with E-state index in [1.54, 1.807) is 0 Å². The molecule has 1 atom stereocenters. The fourth-order valence-electron chi connectivity index (χ4n) is 3.50. The summed E-state index contributed by atoms with van der Waals surface area (Å²) in [5, 5.41) is 21.3. The summed E-state index contributed by atoms with van der Waals surface area (Å²) in [5.74, 6) is 0.455. The summed E-state index contributed by atoms with van der Waals surface area (Å²) in [7, 11) is 0. The van der Waals surface area contributed by atoms with Crippen molar-refractivity contribution in [2.24, 2.45) is 10.8 Å². The first-order valence-corrected chi connectivity index (χ1v) is 7.14. The summed E-state index contributed by atoms with van der Waals surface area (Å²) in [5.41, 5.74) is -0.276. The molecule has 0 aromatic heterocycles. The van der Waals surface area contributed by atoms with Gasteiger partial charge in [-0.1, -0.05) is 40.7 Å². The van der Waals surface area contributed by atoms with Crippen LogP contribution in [0.25, 0.3) is 0 Å². The molecule has 0 aromatic carbocycles. The highest BCUT2D eigenvalue weighted by Crippen LogP contribution is 2.50. The molecule has 1 unspecified atom stereocenters. The molecule has 0 saturated carbocycles. The van der Waals surface area contributed by atoms with Crippen LogP contribution in [0.5, 0.6) is 0 Å². The van der Waals surface area contributed by atoms with Crippen molar-refractivity contribution in [3.05, 3.63) is 23.6 Å². The van der Waals surface area contributed by atoms with Crippen LogP contribution in [0, 0.1) is 10.8 Å². The van der Waals surface area contributed by atoms with Crippen molar-refractivity contribution >= 4 is 0 Å². The smallest absolute Gasteiger partial charge is 0.116 e. The van der Waals surface area contributed by atoms with Crippen LogP contribution in [0.1, 0.15) is 47.5 Å². The van der Waals surface area contributed by atoms with E-state index >= 15 is 0 Å². The maximum Gasteiger partial charge on any atom is 0.116 e. The SMILES string of the molecule is CC(C)(C)C1(O)CN(C2=C(O)CCC=C2)CC1(C)C. The molecule has 1 saturated heterocycles. The number of aliphatic hydroxyl groups is 2. The maximum absolute atomic E-state index is 11.2. The van der Waals surface area contributed by atoms with Gasteiger partial charge in [0.25, 0.3) is 0 Å². The zero-order valence-corrected chi connectivity index (χ0v) is 12.8. The lowest BCUT2D eigenvalue weighted by Gasteiger charge is -2.45. The molecule has 3 nitrogen and oxygen atoms in total. The Labute approximate surface area is 116 Å². The van der Waals surface area contributed by atoms with Crippen molar-refractivity contribution in [2.75, 3.05) is 13.1 Å². The maximum atomic E-state index is 11.2. The molecular formula is C16H27NO2. The number of rotatable bonds is 1. The van der Waals surface area contributed by atoms with Crippen molar-refractivity contribution in [2.45, 2.75) is 53.1 Å². The van der Waals surface area contributed by atoms with Gasteiger partial charge in [0.05, 0.1) is 11.3 Å². The number of β-amino-alcohol motifs (C(OH)–C–C–N with tert-alkyl or cyclic N) is 1. The van der Waals surface area contributed by atoms with E-state index in [0.29, 0.717) is 18.7 Å². The fraction of sp³-hybridized carbons (Fsp3) is 0.750. The average Bonchev–Trinajstić information content (AvgIpc) is 2.50. The molecular weight excluding hydrogens is 238 g/mol. The number of hydrogen-bond donors (Lipinski definition) is 2. The molecule has 1 aliphatic carbocycles. The average molecular weight is 265 g/mol. The van der Waals surface area contributed by atoms with Crippen LogP contribution < -0.4 is 0 Å². The molecule has 0 aromatic rings. The predicted octanol–water partition coefficient (Wildman–Crippen LogP) is 3.23. The second-order valence-corrected chi connectivity index (χ2v) is 7.62. The number of likely N-dealkylation sites (tertiary alicyclic amines) is 1. The van der Waals surface area contributed by atoms with E-state index in [1.807, 2.05) is 6.08 Å². The lowest BCUT2D eigenvalue weighted by molar-refractivity contribution is -0.111. The first-order valence-electron chi connectivity index (χ1n) is 7.14. The molecule has 0 bridgehead atoms. The Balaban J connectivity index is 2.34. The van der Waals surface area contributed by atoms with Gasteiger partial charge < -0.3 is 15.1 Å². The van der Waals surface area contributed by atoms with Gasteiger partial charge in [-0.2, -0.15) is 0 Å². The lowest BCUT2D eigenvalue weighted by Crippen LogP contribution is -2.54. The molecule has 2 rings (SSSR count). The van der Waals surface area contributed by atoms with Gasteiger partial charge in [0, 0.05) is 24.9 Å². The van der Waals surface area contributed by atoms with Crippen LogP contribution in [0.15, 0.2) is 23.6 Å². The van der Waals surface area contributed by atoms with Gasteiger partial charge in [0.2, 0.25) is 0 Å². The van der Waals surface area contributed by atoms with Gasteiger partial charge in [0.1, 0.15) is 5.76 Å². The minimum atomic E-state index is -0.765. The van der Waals surface area contributed by atoms with Gasteiger partial charge in [-0.15, -0.1) is 0 Å². The Morgan fingerprint density at radius 1 is 1.21 bits per heavy atom. The third-order valence-corrected chi connectivity index (χ3v) is 4.83. The van der Waals surface area contributed by atoms with E-state index in [1.165, 1.54) is 0 Å². The molecule has 3 heteroatoms. The first kappa shape index (κ1) is 14.4. The standard InChI is InChI=1S/C16H27NO2/c1-14(2,3)16(19)11-17(10-15(16,4)5)12-8-6-7-9-13(12)18/h6,8,18-19H,7,9-11H2,1-5H3. The Hall–Kier alpha value is -0.960. The second-order valence-electron chi connectivity index (χ2n) is 7.62. The van der Waals surface area contributed by atoms with Crippen LogP contribution in [0.3, 0.4) is 0 Å². The van der Waals surface area contributed by atoms with Crippen molar-refractivity contribution in [3.63, 3.8) is 0 Å². The first-order chi connectivity index (χ1) is 8.58. The number of aliphatic hydroxyl groups excluding tert-OH is 1. The third-order valence-electron chi connectivity index (χ3n) is 4.83. The zero-order valence-electron chi connectivity index (χ0n) is 12.8. The van der Waals surface area contributed by atoms with E-state index in [9.17, 15) is 10.2 Å². The normalized spacial score (nSPS) is 31.2. The Bertz CT molecular complexity index is 429. The molecule has 0 spiro atoms. The van der Waals surface area contributed by atoms with Crippen molar-refractivity contribution in [3.8, 4) is 0 Å². The van der Waals surface area contributed by atoms with Gasteiger partial charge in [-0.3, -0.25) is 0 Å². The van der Waals surface area contributed by atoms with E-state index in [0.717, 1.165) is 18.7 Å². The van der Waals surface area contributed by atoms with E-state index in [2.05, 4.69) is 45.6 Å². The molecule has 1 aliphatic heterocycles. The summed E-state index contributed by atoms with van der Waals surface area (Å²) in [6, 6.07) is 0. The van der Waals surface area contributed by atoms with Crippen LogP contribution in [0.2, 0.25) is 0 Å². The minimum Gasteiger partial charge on any atom is -0.510 e. The van der Waals surface area contributed by atoms with Crippen LogP contribution in [-0.4, -0.2) is 33.8 Å².